The van der Waals surface area contributed by atoms with Crippen LogP contribution in [-0.2, 0) is 11.3 Å². The van der Waals surface area contributed by atoms with Crippen LogP contribution < -0.4 is 10.6 Å². The van der Waals surface area contributed by atoms with Gasteiger partial charge in [-0.05, 0) is 62.1 Å². The SMILES string of the molecule is C[C@@H](NC(=O)CCC(F)(F)F)c1ccc2nc([C@@H](NC(=O)c3cnn(CC4CC4)c3)C3CCC(F)(F)CC3)[nH]c2c1. The summed E-state index contributed by atoms with van der Waals surface area (Å²) in [7, 11) is 0. The molecule has 2 aliphatic carbocycles. The number of hydrogen-bond donors (Lipinski definition) is 3. The Hall–Kier alpha value is -3.51. The lowest BCUT2D eigenvalue weighted by atomic mass is 9.81. The summed E-state index contributed by atoms with van der Waals surface area (Å²) in [5, 5.41) is 9.86. The van der Waals surface area contributed by atoms with Crippen molar-refractivity contribution in [3.05, 3.63) is 47.5 Å². The second-order valence-electron chi connectivity index (χ2n) is 11.3. The number of carbonyl (C=O) groups is 2. The number of aromatic amines is 1. The zero-order chi connectivity index (χ0) is 29.4. The molecule has 3 aromatic rings. The van der Waals surface area contributed by atoms with E-state index in [1.54, 1.807) is 36.0 Å². The van der Waals surface area contributed by atoms with Gasteiger partial charge in [-0.15, -0.1) is 0 Å². The summed E-state index contributed by atoms with van der Waals surface area (Å²) in [5.41, 5.74) is 2.18. The molecule has 41 heavy (non-hydrogen) atoms. The van der Waals surface area contributed by atoms with E-state index in [1.165, 1.54) is 6.20 Å². The lowest BCUT2D eigenvalue weighted by molar-refractivity contribution is -0.144. The smallest absolute Gasteiger partial charge is 0.350 e. The Morgan fingerprint density at radius 1 is 1.15 bits per heavy atom. The van der Waals surface area contributed by atoms with Crippen molar-refractivity contribution < 1.29 is 31.5 Å². The first-order valence-corrected chi connectivity index (χ1v) is 13.9. The Morgan fingerprint density at radius 2 is 1.88 bits per heavy atom. The third kappa shape index (κ3) is 7.62. The normalized spacial score (nSPS) is 19.2. The lowest BCUT2D eigenvalue weighted by Crippen LogP contribution is -2.37. The zero-order valence-corrected chi connectivity index (χ0v) is 22.6. The van der Waals surface area contributed by atoms with Crippen molar-refractivity contribution in [3.63, 3.8) is 0 Å². The largest absolute Gasteiger partial charge is 0.389 e. The van der Waals surface area contributed by atoms with Crippen molar-refractivity contribution in [2.45, 2.75) is 89.0 Å². The third-order valence-electron chi connectivity index (χ3n) is 7.89. The van der Waals surface area contributed by atoms with E-state index in [9.17, 15) is 31.5 Å². The van der Waals surface area contributed by atoms with Crippen molar-refractivity contribution in [3.8, 4) is 0 Å². The third-order valence-corrected chi connectivity index (χ3v) is 7.89. The van der Waals surface area contributed by atoms with Crippen LogP contribution in [0.15, 0.2) is 30.6 Å². The highest BCUT2D eigenvalue weighted by Gasteiger charge is 2.39. The maximum absolute atomic E-state index is 14.0. The Labute approximate surface area is 233 Å². The van der Waals surface area contributed by atoms with Crippen LogP contribution in [-0.4, -0.2) is 43.7 Å². The number of imidazole rings is 1. The Kier molecular flexibility index (Phi) is 8.06. The highest BCUT2D eigenvalue weighted by Crippen LogP contribution is 2.41. The Balaban J connectivity index is 1.33. The number of benzene rings is 1. The summed E-state index contributed by atoms with van der Waals surface area (Å²) >= 11 is 0. The lowest BCUT2D eigenvalue weighted by Gasteiger charge is -2.33. The fraction of sp³-hybridized carbons (Fsp3) is 0.571. The molecule has 2 heterocycles. The van der Waals surface area contributed by atoms with Gasteiger partial charge in [-0.25, -0.2) is 13.8 Å². The van der Waals surface area contributed by atoms with Gasteiger partial charge in [-0.2, -0.15) is 18.3 Å². The van der Waals surface area contributed by atoms with E-state index in [0.717, 1.165) is 19.4 Å². The van der Waals surface area contributed by atoms with Gasteiger partial charge in [0.05, 0.1) is 41.3 Å². The minimum atomic E-state index is -4.41. The van der Waals surface area contributed by atoms with Gasteiger partial charge in [0, 0.05) is 32.0 Å². The highest BCUT2D eigenvalue weighted by molar-refractivity contribution is 5.94. The minimum Gasteiger partial charge on any atom is -0.350 e. The number of aromatic nitrogens is 4. The first-order valence-electron chi connectivity index (χ1n) is 13.9. The van der Waals surface area contributed by atoms with Gasteiger partial charge < -0.3 is 15.6 Å². The number of nitrogens with zero attached hydrogens (tertiary/aromatic N) is 3. The molecule has 1 aromatic carbocycles. The van der Waals surface area contributed by atoms with Gasteiger partial charge in [-0.1, -0.05) is 6.07 Å². The van der Waals surface area contributed by atoms with E-state index in [-0.39, 0.29) is 37.5 Å². The zero-order valence-electron chi connectivity index (χ0n) is 22.6. The van der Waals surface area contributed by atoms with Gasteiger partial charge >= 0.3 is 6.18 Å². The van der Waals surface area contributed by atoms with Crippen molar-refractivity contribution >= 4 is 22.8 Å². The molecule has 3 N–H and O–H groups in total. The molecule has 0 unspecified atom stereocenters. The second-order valence-corrected chi connectivity index (χ2v) is 11.3. The maximum Gasteiger partial charge on any atom is 0.389 e. The van der Waals surface area contributed by atoms with Crippen LogP contribution in [0.4, 0.5) is 22.0 Å². The molecule has 0 spiro atoms. The summed E-state index contributed by atoms with van der Waals surface area (Å²) in [5.74, 6) is -3.08. The second kappa shape index (κ2) is 11.4. The maximum atomic E-state index is 14.0. The first-order chi connectivity index (χ1) is 19.3. The van der Waals surface area contributed by atoms with Crippen LogP contribution in [0.1, 0.15) is 92.1 Å². The molecule has 2 amide bonds. The summed E-state index contributed by atoms with van der Waals surface area (Å²) in [6, 6.07) is 3.94. The van der Waals surface area contributed by atoms with Crippen LogP contribution in [0.25, 0.3) is 11.0 Å². The molecule has 2 saturated carbocycles. The van der Waals surface area contributed by atoms with Gasteiger partial charge in [0.2, 0.25) is 11.8 Å². The number of carbonyl (C=O) groups excluding carboxylic acids is 2. The monoisotopic (exact) mass is 580 g/mol. The number of rotatable bonds is 10. The predicted molar refractivity (Wildman–Crippen MR) is 140 cm³/mol. The fourth-order valence-corrected chi connectivity index (χ4v) is 5.29. The first kappa shape index (κ1) is 29.0. The van der Waals surface area contributed by atoms with Gasteiger partial charge in [0.15, 0.2) is 0 Å². The summed E-state index contributed by atoms with van der Waals surface area (Å²) in [4.78, 5) is 33.1. The van der Waals surface area contributed by atoms with E-state index < -0.39 is 42.9 Å². The van der Waals surface area contributed by atoms with Crippen molar-refractivity contribution in [1.82, 2.24) is 30.4 Å². The molecule has 2 atom stereocenters. The molecule has 2 aromatic heterocycles. The molecule has 8 nitrogen and oxygen atoms in total. The minimum absolute atomic E-state index is 0.210. The molecule has 13 heteroatoms. The molecule has 0 aliphatic heterocycles. The van der Waals surface area contributed by atoms with Crippen LogP contribution in [0.5, 0.6) is 0 Å². The fourth-order valence-electron chi connectivity index (χ4n) is 5.29. The summed E-state index contributed by atoms with van der Waals surface area (Å²) in [6.07, 6.45) is -0.929. The van der Waals surface area contributed by atoms with E-state index >= 15 is 0 Å². The van der Waals surface area contributed by atoms with Crippen LogP contribution in [0, 0.1) is 11.8 Å². The Bertz CT molecular complexity index is 1390. The quantitative estimate of drug-likeness (QED) is 0.257. The van der Waals surface area contributed by atoms with Crippen molar-refractivity contribution in [1.29, 1.82) is 0 Å². The van der Waals surface area contributed by atoms with E-state index in [1.807, 2.05) is 0 Å². The molecule has 222 valence electrons. The standard InChI is InChI=1S/C28H33F5N6O2/c1-16(35-23(40)8-11-28(31,32)33)19-4-5-21-22(12-19)37-25(36-21)24(18-6-9-27(29,30)10-7-18)38-26(41)20-13-34-39(15-20)14-17-2-3-17/h4-5,12-13,15-18,24H,2-3,6-11,14H2,1H3,(H,35,40)(H,36,37)(H,38,41)/t16-,24+/m1/s1. The average Bonchev–Trinajstić information content (AvgIpc) is 3.41. The molecule has 0 radical (unpaired) electrons. The number of halogens is 5. The summed E-state index contributed by atoms with van der Waals surface area (Å²) < 4.78 is 67.0. The number of H-pyrrole nitrogens is 1. The number of hydrogen-bond acceptors (Lipinski definition) is 4. The number of alkyl halides is 5. The molecular formula is C28H33F5N6O2. The predicted octanol–water partition coefficient (Wildman–Crippen LogP) is 5.99. The molecule has 0 bridgehead atoms. The van der Waals surface area contributed by atoms with E-state index in [0.29, 0.717) is 33.9 Å². The average molecular weight is 581 g/mol. The van der Waals surface area contributed by atoms with Gasteiger partial charge in [0.1, 0.15) is 5.82 Å². The summed E-state index contributed by atoms with van der Waals surface area (Å²) in [6.45, 7) is 2.42. The number of fused-ring (bicyclic) bond motifs is 1. The molecule has 0 saturated heterocycles. The highest BCUT2D eigenvalue weighted by atomic mass is 19.4. The van der Waals surface area contributed by atoms with Gasteiger partial charge in [-0.3, -0.25) is 14.3 Å². The van der Waals surface area contributed by atoms with E-state index in [4.69, 9.17) is 0 Å². The topological polar surface area (TPSA) is 105 Å². The molecule has 2 fully saturated rings. The molecular weight excluding hydrogens is 547 g/mol. The number of amides is 2. The molecule has 5 rings (SSSR count). The van der Waals surface area contributed by atoms with E-state index in [2.05, 4.69) is 25.7 Å². The number of nitrogens with one attached hydrogen (secondary N) is 3. The van der Waals surface area contributed by atoms with Crippen molar-refractivity contribution in [2.24, 2.45) is 11.8 Å². The van der Waals surface area contributed by atoms with Crippen LogP contribution >= 0.6 is 0 Å². The van der Waals surface area contributed by atoms with Gasteiger partial charge in [0.25, 0.3) is 5.91 Å². The Morgan fingerprint density at radius 3 is 2.56 bits per heavy atom. The van der Waals surface area contributed by atoms with Crippen LogP contribution in [0.2, 0.25) is 0 Å². The van der Waals surface area contributed by atoms with Crippen molar-refractivity contribution in [2.75, 3.05) is 0 Å². The molecule has 2 aliphatic rings. The van der Waals surface area contributed by atoms with Crippen LogP contribution in [0.3, 0.4) is 0 Å².